The van der Waals surface area contributed by atoms with Crippen molar-refractivity contribution in [1.29, 1.82) is 0 Å². The van der Waals surface area contributed by atoms with Crippen molar-refractivity contribution in [2.24, 2.45) is 16.7 Å². The zero-order valence-electron chi connectivity index (χ0n) is 44.7. The second-order valence-corrected chi connectivity index (χ2v) is 22.8. The number of hydrogen-bond donors (Lipinski definition) is 7. The molecule has 398 valence electrons. The van der Waals surface area contributed by atoms with E-state index < -0.39 is 77.0 Å². The molecule has 4 aliphatic rings. The molecule has 0 spiro atoms. The van der Waals surface area contributed by atoms with Crippen LogP contribution in [0, 0.1) is 16.7 Å². The number of amides is 8. The van der Waals surface area contributed by atoms with Gasteiger partial charge >= 0.3 is 0 Å². The second kappa shape index (κ2) is 22.9. The summed E-state index contributed by atoms with van der Waals surface area (Å²) in [4.78, 5) is 114. The van der Waals surface area contributed by atoms with Crippen molar-refractivity contribution in [3.05, 3.63) is 106 Å². The molecule has 0 radical (unpaired) electrons. The van der Waals surface area contributed by atoms with Crippen LogP contribution < -0.4 is 37.2 Å². The summed E-state index contributed by atoms with van der Waals surface area (Å²) in [5.74, 6) is -2.87. The Balaban J connectivity index is 1.00. The lowest BCUT2D eigenvalue weighted by Crippen LogP contribution is -2.59. The molecule has 3 aromatic rings. The minimum absolute atomic E-state index is 0.203. The third-order valence-electron chi connectivity index (χ3n) is 15.5. The van der Waals surface area contributed by atoms with E-state index in [-0.39, 0.29) is 41.4 Å². The van der Waals surface area contributed by atoms with Gasteiger partial charge in [0.15, 0.2) is 0 Å². The first-order chi connectivity index (χ1) is 35.0. The van der Waals surface area contributed by atoms with Gasteiger partial charge in [0.25, 0.3) is 11.8 Å². The molecule has 1 unspecified atom stereocenters. The van der Waals surface area contributed by atoms with Crippen LogP contribution in [0.2, 0.25) is 0 Å². The van der Waals surface area contributed by atoms with Gasteiger partial charge in [0.1, 0.15) is 24.2 Å². The number of nitrogens with zero attached hydrogens (tertiary/aromatic N) is 2. The van der Waals surface area contributed by atoms with Gasteiger partial charge in [0.05, 0.1) is 30.2 Å². The van der Waals surface area contributed by atoms with Crippen LogP contribution in [0.5, 0.6) is 0 Å². The number of likely N-dealkylation sites (N-methyl/N-ethyl adjacent to an activating group) is 1. The van der Waals surface area contributed by atoms with Crippen LogP contribution in [0.3, 0.4) is 0 Å². The van der Waals surface area contributed by atoms with Crippen molar-refractivity contribution in [3.63, 3.8) is 0 Å². The lowest BCUT2D eigenvalue weighted by molar-refractivity contribution is -0.144. The Morgan fingerprint density at radius 2 is 0.959 bits per heavy atom. The first-order valence-corrected chi connectivity index (χ1v) is 26.4. The summed E-state index contributed by atoms with van der Waals surface area (Å²) in [6, 6.07) is 15.7. The van der Waals surface area contributed by atoms with E-state index in [1.165, 1.54) is 0 Å². The summed E-state index contributed by atoms with van der Waals surface area (Å²) in [6.07, 6.45) is 3.69. The Morgan fingerprint density at radius 1 is 0.568 bits per heavy atom. The Bertz CT molecular complexity index is 2430. The molecular formula is C57H77N9O8. The number of rotatable bonds is 16. The van der Waals surface area contributed by atoms with Crippen LogP contribution in [0.25, 0.3) is 0 Å². The summed E-state index contributed by atoms with van der Waals surface area (Å²) >= 11 is 0. The maximum atomic E-state index is 14.3. The van der Waals surface area contributed by atoms with Crippen molar-refractivity contribution in [3.8, 4) is 0 Å². The zero-order chi connectivity index (χ0) is 53.8. The lowest BCUT2D eigenvalue weighted by atomic mass is 9.85. The molecule has 2 aliphatic heterocycles. The van der Waals surface area contributed by atoms with Crippen molar-refractivity contribution in [2.45, 2.75) is 162 Å². The molecule has 7 rings (SSSR count). The first-order valence-electron chi connectivity index (χ1n) is 26.4. The summed E-state index contributed by atoms with van der Waals surface area (Å²) in [5.41, 5.74) is 3.05. The highest BCUT2D eigenvalue weighted by atomic mass is 16.2. The van der Waals surface area contributed by atoms with Crippen molar-refractivity contribution in [1.82, 2.24) is 47.0 Å². The molecule has 3 aromatic carbocycles. The molecule has 74 heavy (non-hydrogen) atoms. The van der Waals surface area contributed by atoms with E-state index in [1.54, 1.807) is 48.0 Å². The maximum Gasteiger partial charge on any atom is 0.251 e. The molecule has 2 aliphatic carbocycles. The minimum Gasteiger partial charge on any atom is -0.347 e. The van der Waals surface area contributed by atoms with Crippen molar-refractivity contribution >= 4 is 47.3 Å². The highest BCUT2D eigenvalue weighted by molar-refractivity contribution is 5.99. The largest absolute Gasteiger partial charge is 0.347 e. The third kappa shape index (κ3) is 12.1. The Labute approximate surface area is 435 Å². The SMILES string of the molecule is CC[C@@H](C)C(=O)N[C@H](C(=O)N1CCC[C@H]1C(=O)N[C@H]1c2ccccc2C[C@@H]1NC(=O)c1ccc(C(=O)N[C@H]2Cc3ccccc3C2NC(=O)[C@@H]2CCCN2C(=O)[C@@H](NC(=O)[C@H](C)NC)C(C)(C)C)cc1)C(C)(C)C. The van der Waals surface area contributed by atoms with Gasteiger partial charge in [0, 0.05) is 30.1 Å². The van der Waals surface area contributed by atoms with Crippen LogP contribution in [0.15, 0.2) is 72.8 Å². The smallest absolute Gasteiger partial charge is 0.251 e. The highest BCUT2D eigenvalue weighted by Gasteiger charge is 2.46. The molecule has 2 saturated heterocycles. The Morgan fingerprint density at radius 3 is 1.34 bits per heavy atom. The Hall–Kier alpha value is -6.62. The van der Waals surface area contributed by atoms with Gasteiger partial charge in [-0.3, -0.25) is 38.4 Å². The summed E-state index contributed by atoms with van der Waals surface area (Å²) in [6.45, 7) is 17.5. The average molecular weight is 1020 g/mol. The van der Waals surface area contributed by atoms with Gasteiger partial charge in [-0.25, -0.2) is 0 Å². The summed E-state index contributed by atoms with van der Waals surface area (Å²) in [7, 11) is 1.67. The van der Waals surface area contributed by atoms with Gasteiger partial charge in [-0.15, -0.1) is 0 Å². The van der Waals surface area contributed by atoms with Gasteiger partial charge in [0.2, 0.25) is 35.4 Å². The van der Waals surface area contributed by atoms with Crippen LogP contribution in [0.1, 0.15) is 149 Å². The number of hydrogen-bond acceptors (Lipinski definition) is 9. The predicted molar refractivity (Wildman–Crippen MR) is 281 cm³/mol. The summed E-state index contributed by atoms with van der Waals surface area (Å²) in [5, 5.41) is 21.4. The van der Waals surface area contributed by atoms with Gasteiger partial charge in [-0.2, -0.15) is 0 Å². The number of fused-ring (bicyclic) bond motifs is 2. The van der Waals surface area contributed by atoms with E-state index in [1.807, 2.05) is 104 Å². The fraction of sp³-hybridized carbons (Fsp3) is 0.544. The predicted octanol–water partition coefficient (Wildman–Crippen LogP) is 4.41. The van der Waals surface area contributed by atoms with E-state index in [4.69, 9.17) is 0 Å². The van der Waals surface area contributed by atoms with E-state index in [9.17, 15) is 38.4 Å². The van der Waals surface area contributed by atoms with Gasteiger partial charge < -0.3 is 47.0 Å². The number of carbonyl (C=O) groups excluding carboxylic acids is 8. The van der Waals surface area contributed by atoms with Crippen LogP contribution >= 0.6 is 0 Å². The van der Waals surface area contributed by atoms with Crippen molar-refractivity contribution in [2.75, 3.05) is 20.1 Å². The zero-order valence-corrected chi connectivity index (χ0v) is 44.7. The first kappa shape index (κ1) is 55.1. The fourth-order valence-corrected chi connectivity index (χ4v) is 10.7. The molecular weight excluding hydrogens is 939 g/mol. The molecule has 17 nitrogen and oxygen atoms in total. The van der Waals surface area contributed by atoms with E-state index in [0.717, 1.165) is 22.3 Å². The molecule has 10 atom stereocenters. The van der Waals surface area contributed by atoms with Crippen LogP contribution in [0.4, 0.5) is 0 Å². The number of benzene rings is 3. The fourth-order valence-electron chi connectivity index (χ4n) is 10.7. The van der Waals surface area contributed by atoms with E-state index in [0.29, 0.717) is 69.2 Å². The molecule has 17 heteroatoms. The molecule has 8 amide bonds. The standard InChI is InChI=1S/C57H77N9O8/c1-11-32(2)48(67)63-46(56(4,5)6)54(73)65-28-16-22-42(65)52(71)61-44-38-20-14-12-18-36(38)30-40(44)59-50(69)34-24-26-35(27-25-34)51(70)60-41-31-37-19-13-15-21-39(37)45(41)62-53(72)43-23-17-29-66(43)55(74)47(57(7,8)9)64-49(68)33(3)58-10/h12-15,18-21,24-27,32-33,40-47,58H,11,16-17,22-23,28-31H2,1-10H3,(H,59,69)(H,60,70)(H,61,71)(H,62,72)(H,63,67)(H,64,68)/t32-,33+,40+,41+,42+,43+,44+,45?,46-,47-/m1/s1. The molecule has 0 aromatic heterocycles. The quantitative estimate of drug-likeness (QED) is 0.108. The topological polar surface area (TPSA) is 227 Å². The monoisotopic (exact) mass is 1020 g/mol. The second-order valence-electron chi connectivity index (χ2n) is 22.8. The maximum absolute atomic E-state index is 14.3. The van der Waals surface area contributed by atoms with Crippen molar-refractivity contribution < 1.29 is 38.4 Å². The van der Waals surface area contributed by atoms with Gasteiger partial charge in [-0.1, -0.05) is 104 Å². The highest BCUT2D eigenvalue weighted by Crippen LogP contribution is 2.35. The van der Waals surface area contributed by atoms with Gasteiger partial charge in [-0.05, 0) is 116 Å². The normalized spacial score (nSPS) is 22.8. The molecule has 2 heterocycles. The number of likely N-dealkylation sites (tertiary alicyclic amines) is 2. The summed E-state index contributed by atoms with van der Waals surface area (Å²) < 4.78 is 0. The van der Waals surface area contributed by atoms with E-state index >= 15 is 0 Å². The molecule has 0 saturated carbocycles. The lowest BCUT2D eigenvalue weighted by Gasteiger charge is -2.36. The average Bonchev–Trinajstić information content (AvgIpc) is 4.19. The van der Waals surface area contributed by atoms with Crippen LogP contribution in [-0.2, 0) is 41.6 Å². The third-order valence-corrected chi connectivity index (χ3v) is 15.5. The molecule has 2 fully saturated rings. The molecule has 7 N–H and O–H groups in total. The Kier molecular flexibility index (Phi) is 17.0. The van der Waals surface area contributed by atoms with E-state index in [2.05, 4.69) is 37.2 Å². The number of nitrogens with one attached hydrogen (secondary N) is 7. The minimum atomic E-state index is -0.863. The van der Waals surface area contributed by atoms with Crippen LogP contribution in [-0.4, -0.2) is 119 Å². The molecule has 0 bridgehead atoms. The number of carbonyl (C=O) groups is 8.